The molecule has 0 aliphatic heterocycles. The van der Waals surface area contributed by atoms with E-state index in [-0.39, 0.29) is 17.0 Å². The summed E-state index contributed by atoms with van der Waals surface area (Å²) in [6.07, 6.45) is -0.904. The van der Waals surface area contributed by atoms with Crippen molar-refractivity contribution in [3.05, 3.63) is 52.5 Å². The number of hydrogen-bond donors (Lipinski definition) is 4. The molecule has 6 heteroatoms. The van der Waals surface area contributed by atoms with Crippen LogP contribution in [0, 0.1) is 6.92 Å². The number of benzene rings is 2. The molecule has 4 N–H and O–H groups in total. The van der Waals surface area contributed by atoms with Crippen molar-refractivity contribution in [3.8, 4) is 5.75 Å². The summed E-state index contributed by atoms with van der Waals surface area (Å²) < 4.78 is 0. The number of anilines is 2. The first-order chi connectivity index (χ1) is 10.4. The zero-order valence-corrected chi connectivity index (χ0v) is 13.0. The van der Waals surface area contributed by atoms with Crippen molar-refractivity contribution in [2.75, 3.05) is 10.6 Å². The predicted octanol–water partition coefficient (Wildman–Crippen LogP) is 4.05. The van der Waals surface area contributed by atoms with Crippen molar-refractivity contribution in [1.82, 2.24) is 0 Å². The van der Waals surface area contributed by atoms with Crippen molar-refractivity contribution in [1.29, 1.82) is 0 Å². The summed E-state index contributed by atoms with van der Waals surface area (Å²) >= 11 is 5.94. The number of aliphatic hydroxyl groups excluding tert-OH is 1. The molecule has 2 amide bonds. The Kier molecular flexibility index (Phi) is 4.90. The molecule has 0 aliphatic carbocycles. The number of phenolic OH excluding ortho intramolecular Hbond substituents is 1. The first-order valence-electron chi connectivity index (χ1n) is 6.72. The monoisotopic (exact) mass is 320 g/mol. The van der Waals surface area contributed by atoms with Crippen LogP contribution in [-0.2, 0) is 0 Å². The van der Waals surface area contributed by atoms with Gasteiger partial charge in [0.15, 0.2) is 0 Å². The fraction of sp³-hybridized carbons (Fsp3) is 0.188. The Bertz CT molecular complexity index is 702. The quantitative estimate of drug-likeness (QED) is 0.644. The average Bonchev–Trinajstić information content (AvgIpc) is 2.44. The Morgan fingerprint density at radius 2 is 1.82 bits per heavy atom. The Morgan fingerprint density at radius 1 is 1.18 bits per heavy atom. The van der Waals surface area contributed by atoms with Gasteiger partial charge < -0.3 is 20.8 Å². The molecule has 0 aromatic heterocycles. The topological polar surface area (TPSA) is 81.6 Å². The van der Waals surface area contributed by atoms with Gasteiger partial charge in [0.25, 0.3) is 0 Å². The number of urea groups is 1. The summed E-state index contributed by atoms with van der Waals surface area (Å²) in [7, 11) is 0. The summed E-state index contributed by atoms with van der Waals surface area (Å²) in [5.41, 5.74) is 1.96. The van der Waals surface area contributed by atoms with Crippen LogP contribution in [0.15, 0.2) is 36.4 Å². The summed E-state index contributed by atoms with van der Waals surface area (Å²) in [6, 6.07) is 9.68. The van der Waals surface area contributed by atoms with Crippen molar-refractivity contribution >= 4 is 29.0 Å². The van der Waals surface area contributed by atoms with Crippen LogP contribution in [-0.4, -0.2) is 16.2 Å². The normalized spacial score (nSPS) is 11.8. The van der Waals surface area contributed by atoms with E-state index in [1.165, 1.54) is 19.1 Å². The summed E-state index contributed by atoms with van der Waals surface area (Å²) in [5, 5.41) is 25.2. The molecule has 0 heterocycles. The van der Waals surface area contributed by atoms with Gasteiger partial charge >= 0.3 is 6.03 Å². The lowest BCUT2D eigenvalue weighted by atomic mass is 10.1. The minimum Gasteiger partial charge on any atom is -0.505 e. The van der Waals surface area contributed by atoms with Crippen LogP contribution in [0.3, 0.4) is 0 Å². The van der Waals surface area contributed by atoms with E-state index in [1.807, 2.05) is 25.1 Å². The fourth-order valence-electron chi connectivity index (χ4n) is 2.02. The molecular weight excluding hydrogens is 304 g/mol. The van der Waals surface area contributed by atoms with Crippen LogP contribution in [0.1, 0.15) is 24.2 Å². The number of aryl methyl sites for hydroxylation is 1. The molecule has 2 aromatic rings. The van der Waals surface area contributed by atoms with E-state index in [2.05, 4.69) is 10.6 Å². The summed E-state index contributed by atoms with van der Waals surface area (Å²) in [6.45, 7) is 3.38. The van der Waals surface area contributed by atoms with E-state index in [0.29, 0.717) is 10.7 Å². The number of carbonyl (C=O) groups excluding carboxylic acids is 1. The number of halogens is 1. The minimum absolute atomic E-state index is 0.134. The second kappa shape index (κ2) is 6.68. The van der Waals surface area contributed by atoms with Crippen LogP contribution in [0.25, 0.3) is 0 Å². The largest absolute Gasteiger partial charge is 0.505 e. The maximum Gasteiger partial charge on any atom is 0.323 e. The van der Waals surface area contributed by atoms with Gasteiger partial charge in [0.05, 0.1) is 11.8 Å². The molecule has 2 aromatic carbocycles. The third-order valence-electron chi connectivity index (χ3n) is 3.20. The van der Waals surface area contributed by atoms with Gasteiger partial charge in [-0.25, -0.2) is 4.79 Å². The molecule has 2 rings (SSSR count). The number of aromatic hydroxyl groups is 1. The standard InChI is InChI=1S/C16H17ClN2O3/c1-9-5-3-4-6-13(9)18-16(22)19-14-8-11(17)7-12(10(2)20)15(14)21/h3-8,10,20-21H,1-2H3,(H2,18,19,22). The first-order valence-corrected chi connectivity index (χ1v) is 7.10. The van der Waals surface area contributed by atoms with Gasteiger partial charge in [-0.2, -0.15) is 0 Å². The lowest BCUT2D eigenvalue weighted by Crippen LogP contribution is -2.20. The summed E-state index contributed by atoms with van der Waals surface area (Å²) in [4.78, 5) is 12.0. The van der Waals surface area contributed by atoms with Crippen molar-refractivity contribution in [2.45, 2.75) is 20.0 Å². The van der Waals surface area contributed by atoms with E-state index in [9.17, 15) is 15.0 Å². The fourth-order valence-corrected chi connectivity index (χ4v) is 2.25. The molecule has 0 aliphatic rings. The highest BCUT2D eigenvalue weighted by atomic mass is 35.5. The van der Waals surface area contributed by atoms with Gasteiger partial charge in [-0.05, 0) is 37.6 Å². The molecule has 0 saturated carbocycles. The van der Waals surface area contributed by atoms with Gasteiger partial charge in [0.1, 0.15) is 5.75 Å². The summed E-state index contributed by atoms with van der Waals surface area (Å²) in [5.74, 6) is -0.209. The number of para-hydroxylation sites is 1. The highest BCUT2D eigenvalue weighted by Crippen LogP contribution is 2.35. The predicted molar refractivity (Wildman–Crippen MR) is 87.6 cm³/mol. The molecule has 22 heavy (non-hydrogen) atoms. The molecule has 1 atom stereocenters. The number of phenols is 1. The van der Waals surface area contributed by atoms with E-state index in [0.717, 1.165) is 5.56 Å². The molecule has 0 spiro atoms. The van der Waals surface area contributed by atoms with Crippen LogP contribution in [0.5, 0.6) is 5.75 Å². The van der Waals surface area contributed by atoms with Crippen LogP contribution in [0.2, 0.25) is 5.02 Å². The second-order valence-corrected chi connectivity index (χ2v) is 5.40. The third-order valence-corrected chi connectivity index (χ3v) is 3.41. The third kappa shape index (κ3) is 3.69. The minimum atomic E-state index is -0.904. The Morgan fingerprint density at radius 3 is 2.45 bits per heavy atom. The van der Waals surface area contributed by atoms with Gasteiger partial charge in [-0.3, -0.25) is 0 Å². The molecule has 0 fully saturated rings. The number of nitrogens with one attached hydrogen (secondary N) is 2. The molecule has 5 nitrogen and oxygen atoms in total. The molecule has 116 valence electrons. The molecule has 1 unspecified atom stereocenters. The van der Waals surface area contributed by atoms with Gasteiger partial charge in [-0.15, -0.1) is 0 Å². The van der Waals surface area contributed by atoms with Crippen LogP contribution >= 0.6 is 11.6 Å². The highest BCUT2D eigenvalue weighted by Gasteiger charge is 2.15. The zero-order valence-electron chi connectivity index (χ0n) is 12.2. The average molecular weight is 321 g/mol. The first kappa shape index (κ1) is 16.1. The molecule has 0 saturated heterocycles. The maximum absolute atomic E-state index is 12.0. The van der Waals surface area contributed by atoms with E-state index < -0.39 is 12.1 Å². The second-order valence-electron chi connectivity index (χ2n) is 4.96. The van der Waals surface area contributed by atoms with Crippen molar-refractivity contribution in [3.63, 3.8) is 0 Å². The lowest BCUT2D eigenvalue weighted by molar-refractivity contribution is 0.195. The zero-order chi connectivity index (χ0) is 16.3. The molecule has 0 bridgehead atoms. The smallest absolute Gasteiger partial charge is 0.323 e. The van der Waals surface area contributed by atoms with E-state index in [1.54, 1.807) is 6.07 Å². The maximum atomic E-state index is 12.0. The van der Waals surface area contributed by atoms with E-state index >= 15 is 0 Å². The van der Waals surface area contributed by atoms with Crippen molar-refractivity contribution in [2.24, 2.45) is 0 Å². The van der Waals surface area contributed by atoms with Crippen LogP contribution < -0.4 is 10.6 Å². The van der Waals surface area contributed by atoms with Crippen LogP contribution in [0.4, 0.5) is 16.2 Å². The lowest BCUT2D eigenvalue weighted by Gasteiger charge is -2.14. The number of aliphatic hydroxyl groups is 1. The number of hydrogen-bond acceptors (Lipinski definition) is 3. The Balaban J connectivity index is 2.20. The number of carbonyl (C=O) groups is 1. The van der Waals surface area contributed by atoms with Crippen molar-refractivity contribution < 1.29 is 15.0 Å². The Hall–Kier alpha value is -2.24. The Labute approximate surface area is 133 Å². The molecule has 0 radical (unpaired) electrons. The number of amides is 2. The highest BCUT2D eigenvalue weighted by molar-refractivity contribution is 6.31. The van der Waals surface area contributed by atoms with Gasteiger partial charge in [-0.1, -0.05) is 29.8 Å². The van der Waals surface area contributed by atoms with Gasteiger partial charge in [0.2, 0.25) is 0 Å². The molecular formula is C16H17ClN2O3. The number of rotatable bonds is 3. The van der Waals surface area contributed by atoms with Gasteiger partial charge in [0, 0.05) is 16.3 Å². The SMILES string of the molecule is Cc1ccccc1NC(=O)Nc1cc(Cl)cc(C(C)O)c1O. The van der Waals surface area contributed by atoms with E-state index in [4.69, 9.17) is 11.6 Å².